The van der Waals surface area contributed by atoms with Crippen LogP contribution < -0.4 is 16.0 Å². The molecule has 2 aromatic rings. The monoisotopic (exact) mass is 462 g/mol. The highest BCUT2D eigenvalue weighted by molar-refractivity contribution is 6.32. The van der Waals surface area contributed by atoms with Crippen LogP contribution in [0.5, 0.6) is 0 Å². The van der Waals surface area contributed by atoms with Gasteiger partial charge in [0.15, 0.2) is 0 Å². The zero-order valence-corrected chi connectivity index (χ0v) is 19.2. The maximum atomic E-state index is 13.6. The molecule has 8 heteroatoms. The summed E-state index contributed by atoms with van der Waals surface area (Å²) in [5.41, 5.74) is 4.01. The lowest BCUT2D eigenvalue weighted by Gasteiger charge is -2.23. The molecule has 2 aromatic carbocycles. The summed E-state index contributed by atoms with van der Waals surface area (Å²) < 4.78 is 19.8. The van der Waals surface area contributed by atoms with Crippen LogP contribution in [0, 0.1) is 5.82 Å². The quantitative estimate of drug-likeness (QED) is 0.453. The molecule has 3 aliphatic heterocycles. The summed E-state index contributed by atoms with van der Waals surface area (Å²) >= 11 is 0. The van der Waals surface area contributed by atoms with Crippen molar-refractivity contribution in [2.45, 2.75) is 26.0 Å². The number of amides is 3. The molecule has 176 valence electrons. The van der Waals surface area contributed by atoms with E-state index in [1.807, 2.05) is 32.1 Å². The third-order valence-electron chi connectivity index (χ3n) is 6.36. The van der Waals surface area contributed by atoms with Gasteiger partial charge in [0.25, 0.3) is 5.91 Å². The molecule has 7 nitrogen and oxygen atoms in total. The second-order valence-electron chi connectivity index (χ2n) is 9.15. The van der Waals surface area contributed by atoms with Gasteiger partial charge >= 0.3 is 6.03 Å². The summed E-state index contributed by atoms with van der Waals surface area (Å²) in [6, 6.07) is 12.5. The van der Waals surface area contributed by atoms with Gasteiger partial charge in [-0.15, -0.1) is 0 Å². The van der Waals surface area contributed by atoms with Crippen molar-refractivity contribution >= 4 is 28.8 Å². The average Bonchev–Trinajstić information content (AvgIpc) is 3.45. The molecule has 0 aliphatic carbocycles. The van der Waals surface area contributed by atoms with Crippen molar-refractivity contribution in [2.24, 2.45) is 0 Å². The van der Waals surface area contributed by atoms with Crippen LogP contribution >= 0.6 is 0 Å². The first-order valence-electron chi connectivity index (χ1n) is 11.4. The molecule has 3 amide bonds. The minimum Gasteiger partial charge on any atom is -0.482 e. The van der Waals surface area contributed by atoms with Gasteiger partial charge in [0.05, 0.1) is 11.3 Å². The molecule has 0 aromatic heterocycles. The van der Waals surface area contributed by atoms with Crippen LogP contribution in [-0.2, 0) is 16.1 Å². The Hall–Kier alpha value is -3.65. The molecule has 3 heterocycles. The van der Waals surface area contributed by atoms with Crippen molar-refractivity contribution in [1.29, 1.82) is 0 Å². The second-order valence-corrected chi connectivity index (χ2v) is 9.15. The molecule has 0 radical (unpaired) electrons. The number of carbonyl (C=O) groups is 2. The van der Waals surface area contributed by atoms with E-state index in [4.69, 9.17) is 4.74 Å². The van der Waals surface area contributed by atoms with E-state index < -0.39 is 11.4 Å². The number of allylic oxidation sites excluding steroid dienone is 1. The third-order valence-corrected chi connectivity index (χ3v) is 6.36. The zero-order valence-electron chi connectivity index (χ0n) is 19.2. The first-order valence-corrected chi connectivity index (χ1v) is 11.4. The number of benzene rings is 2. The summed E-state index contributed by atoms with van der Waals surface area (Å²) in [5, 5.41) is 8.90. The molecule has 3 N–H and O–H groups in total. The van der Waals surface area contributed by atoms with E-state index in [1.54, 1.807) is 11.0 Å². The fourth-order valence-corrected chi connectivity index (χ4v) is 4.58. The summed E-state index contributed by atoms with van der Waals surface area (Å²) in [6.45, 7) is 7.52. The van der Waals surface area contributed by atoms with Crippen LogP contribution in [0.3, 0.4) is 0 Å². The molecule has 0 bridgehead atoms. The Kier molecular flexibility index (Phi) is 5.61. The van der Waals surface area contributed by atoms with E-state index >= 15 is 0 Å². The van der Waals surface area contributed by atoms with Gasteiger partial charge in [0.1, 0.15) is 17.2 Å². The fourth-order valence-electron chi connectivity index (χ4n) is 4.58. The average molecular weight is 463 g/mol. The van der Waals surface area contributed by atoms with E-state index in [-0.39, 0.29) is 11.9 Å². The van der Waals surface area contributed by atoms with Crippen molar-refractivity contribution in [3.63, 3.8) is 0 Å². The van der Waals surface area contributed by atoms with E-state index in [0.29, 0.717) is 42.2 Å². The van der Waals surface area contributed by atoms with Crippen LogP contribution in [0.4, 0.5) is 14.9 Å². The number of nitrogens with zero attached hydrogens (tertiary/aromatic N) is 1. The minimum atomic E-state index is -0.624. The highest BCUT2D eigenvalue weighted by atomic mass is 19.1. The molecule has 0 saturated carbocycles. The van der Waals surface area contributed by atoms with Crippen molar-refractivity contribution in [1.82, 2.24) is 15.5 Å². The minimum absolute atomic E-state index is 0.000833. The molecule has 3 aliphatic rings. The number of hydrogen-bond donors (Lipinski definition) is 3. The topological polar surface area (TPSA) is 82.7 Å². The molecule has 1 saturated heterocycles. The molecule has 5 rings (SSSR count). The van der Waals surface area contributed by atoms with Crippen molar-refractivity contribution in [2.75, 3.05) is 31.5 Å². The van der Waals surface area contributed by atoms with Crippen molar-refractivity contribution < 1.29 is 18.7 Å². The van der Waals surface area contributed by atoms with E-state index in [9.17, 15) is 14.0 Å². The summed E-state index contributed by atoms with van der Waals surface area (Å²) in [5.74, 6) is -0.207. The van der Waals surface area contributed by atoms with Gasteiger partial charge in [-0.1, -0.05) is 24.3 Å². The molecule has 34 heavy (non-hydrogen) atoms. The van der Waals surface area contributed by atoms with Crippen molar-refractivity contribution in [3.05, 3.63) is 76.8 Å². The van der Waals surface area contributed by atoms with E-state index in [1.165, 1.54) is 12.1 Å². The molecular weight excluding hydrogens is 435 g/mol. The summed E-state index contributed by atoms with van der Waals surface area (Å²) in [7, 11) is 0. The maximum Gasteiger partial charge on any atom is 0.317 e. The smallest absolute Gasteiger partial charge is 0.317 e. The highest BCUT2D eigenvalue weighted by Gasteiger charge is 2.38. The van der Waals surface area contributed by atoms with Gasteiger partial charge in [-0.25, -0.2) is 9.18 Å². The van der Waals surface area contributed by atoms with Crippen molar-refractivity contribution in [3.8, 4) is 0 Å². The van der Waals surface area contributed by atoms with Gasteiger partial charge < -0.3 is 25.6 Å². The Morgan fingerprint density at radius 3 is 2.68 bits per heavy atom. The van der Waals surface area contributed by atoms with Gasteiger partial charge in [-0.05, 0) is 49.2 Å². The Bertz CT molecular complexity index is 1220. The number of urea groups is 1. The van der Waals surface area contributed by atoms with Crippen LogP contribution in [-0.4, -0.2) is 48.6 Å². The fraction of sp³-hybridized carbons (Fsp3) is 0.308. The normalized spacial score (nSPS) is 20.7. The Morgan fingerprint density at radius 2 is 1.94 bits per heavy atom. The Balaban J connectivity index is 1.30. The molecule has 0 spiro atoms. The number of halogens is 1. The largest absolute Gasteiger partial charge is 0.482 e. The lowest BCUT2D eigenvalue weighted by atomic mass is 9.91. The molecule has 0 atom stereocenters. The molecular formula is C26H27FN4O3. The van der Waals surface area contributed by atoms with Gasteiger partial charge in [-0.2, -0.15) is 0 Å². The van der Waals surface area contributed by atoms with Crippen LogP contribution in [0.25, 0.3) is 11.1 Å². The number of ether oxygens (including phenoxy) is 1. The molecule has 1 fully saturated rings. The lowest BCUT2D eigenvalue weighted by molar-refractivity contribution is -0.111. The number of rotatable bonds is 6. The van der Waals surface area contributed by atoms with E-state index in [0.717, 1.165) is 29.8 Å². The standard InChI is InChI=1S/C26H27FN4O3/c1-26(2)20(14-22(34-26)23-19-8-7-18(27)13-21(19)30-24(23)32)17-5-3-16(4-6-17)15-28-9-11-31-12-10-29-25(31)33/h3-8,13-14,28H,9-12,15H2,1-2H3,(H,29,33)(H,30,32). The van der Waals surface area contributed by atoms with Gasteiger partial charge in [0.2, 0.25) is 0 Å². The predicted molar refractivity (Wildman–Crippen MR) is 128 cm³/mol. The van der Waals surface area contributed by atoms with E-state index in [2.05, 4.69) is 28.1 Å². The highest BCUT2D eigenvalue weighted by Crippen LogP contribution is 2.44. The summed E-state index contributed by atoms with van der Waals surface area (Å²) in [6.07, 6.45) is 1.90. The lowest BCUT2D eigenvalue weighted by Crippen LogP contribution is -2.34. The third kappa shape index (κ3) is 4.17. The Morgan fingerprint density at radius 1 is 1.15 bits per heavy atom. The number of nitrogens with one attached hydrogen (secondary N) is 3. The van der Waals surface area contributed by atoms with Crippen LogP contribution in [0.15, 0.2) is 54.3 Å². The SMILES string of the molecule is CC1(C)OC(=C2C(=O)Nc3cc(F)ccc32)C=C1c1ccc(CNCCN2CCNC2=O)cc1. The Labute approximate surface area is 197 Å². The number of carbonyl (C=O) groups excluding carboxylic acids is 2. The number of hydrogen-bond acceptors (Lipinski definition) is 4. The second kappa shape index (κ2) is 8.61. The van der Waals surface area contributed by atoms with Gasteiger partial charge in [0, 0.05) is 43.9 Å². The first-order chi connectivity index (χ1) is 16.3. The predicted octanol–water partition coefficient (Wildman–Crippen LogP) is 3.50. The van der Waals surface area contributed by atoms with Crippen LogP contribution in [0.1, 0.15) is 30.5 Å². The van der Waals surface area contributed by atoms with Gasteiger partial charge in [-0.3, -0.25) is 4.79 Å². The summed E-state index contributed by atoms with van der Waals surface area (Å²) in [4.78, 5) is 26.0. The number of anilines is 1. The zero-order chi connectivity index (χ0) is 23.9. The first kappa shape index (κ1) is 22.2. The number of fused-ring (bicyclic) bond motifs is 1. The van der Waals surface area contributed by atoms with Crippen LogP contribution in [0.2, 0.25) is 0 Å². The maximum absolute atomic E-state index is 13.6. The molecule has 0 unspecified atom stereocenters.